The number of nitrogens with one attached hydrogen (secondary N) is 1. The van der Waals surface area contributed by atoms with Gasteiger partial charge in [0.1, 0.15) is 11.5 Å². The minimum Gasteiger partial charge on any atom is -0.460 e. The van der Waals surface area contributed by atoms with Gasteiger partial charge >= 0.3 is 0 Å². The van der Waals surface area contributed by atoms with E-state index in [1.807, 2.05) is 12.1 Å². The molecule has 0 amide bonds. The van der Waals surface area contributed by atoms with Crippen LogP contribution in [0.15, 0.2) is 39.2 Å². The Bertz CT molecular complexity index is 557. The first-order chi connectivity index (χ1) is 9.70. The molecule has 1 aromatic heterocycles. The van der Waals surface area contributed by atoms with Gasteiger partial charge in [-0.05, 0) is 49.7 Å². The molecule has 0 spiro atoms. The quantitative estimate of drug-likeness (QED) is 0.721. The van der Waals surface area contributed by atoms with E-state index >= 15 is 0 Å². The first-order valence-electron chi connectivity index (χ1n) is 6.75. The smallest absolute Gasteiger partial charge is 0.134 e. The topological polar surface area (TPSA) is 34.4 Å². The molecule has 1 heterocycles. The molecular weight excluding hydrogens is 354 g/mol. The lowest BCUT2D eigenvalue weighted by atomic mass is 10.1. The van der Waals surface area contributed by atoms with Crippen molar-refractivity contribution < 1.29 is 9.15 Å². The van der Waals surface area contributed by atoms with E-state index in [0.717, 1.165) is 47.7 Å². The largest absolute Gasteiger partial charge is 0.460 e. The molecule has 1 aromatic carbocycles. The lowest BCUT2D eigenvalue weighted by molar-refractivity contribution is 0.194. The van der Waals surface area contributed by atoms with Crippen LogP contribution in [-0.2, 0) is 11.3 Å². The maximum atomic E-state index is 5.86. The summed E-state index contributed by atoms with van der Waals surface area (Å²) < 4.78 is 12.0. The molecule has 2 aromatic rings. The summed E-state index contributed by atoms with van der Waals surface area (Å²) in [4.78, 5) is 0. The van der Waals surface area contributed by atoms with Crippen molar-refractivity contribution in [3.8, 4) is 11.3 Å². The molecule has 0 radical (unpaired) electrons. The summed E-state index contributed by atoms with van der Waals surface area (Å²) >= 11 is 3.51. The highest BCUT2D eigenvalue weighted by molar-refractivity contribution is 9.10. The SMILES string of the molecule is COCCCNCc1ccc(-c2ccc(Br)c(C)c2)o1.Cl. The predicted octanol–water partition coefficient (Wildman–Crippen LogP) is 4.57. The third-order valence-corrected chi connectivity index (χ3v) is 4.00. The van der Waals surface area contributed by atoms with E-state index in [2.05, 4.69) is 46.4 Å². The van der Waals surface area contributed by atoms with Crippen molar-refractivity contribution in [1.29, 1.82) is 0 Å². The maximum Gasteiger partial charge on any atom is 0.134 e. The van der Waals surface area contributed by atoms with Gasteiger partial charge in [-0.2, -0.15) is 0 Å². The molecule has 0 aliphatic carbocycles. The first kappa shape index (κ1) is 18.2. The molecule has 2 rings (SSSR count). The van der Waals surface area contributed by atoms with Crippen LogP contribution in [0.25, 0.3) is 11.3 Å². The van der Waals surface area contributed by atoms with Crippen LogP contribution in [-0.4, -0.2) is 20.3 Å². The molecule has 0 aliphatic rings. The maximum absolute atomic E-state index is 5.86. The monoisotopic (exact) mass is 373 g/mol. The lowest BCUT2D eigenvalue weighted by Crippen LogP contribution is -2.15. The molecule has 0 bridgehead atoms. The molecule has 0 saturated carbocycles. The Balaban J connectivity index is 0.00000220. The number of methoxy groups -OCH3 is 1. The Hall–Kier alpha value is -0.810. The lowest BCUT2D eigenvalue weighted by Gasteiger charge is -2.03. The zero-order valence-corrected chi connectivity index (χ0v) is 14.7. The molecule has 5 heteroatoms. The van der Waals surface area contributed by atoms with E-state index in [1.54, 1.807) is 7.11 Å². The fourth-order valence-electron chi connectivity index (χ4n) is 1.98. The number of hydrogen-bond donors (Lipinski definition) is 1. The molecule has 0 fully saturated rings. The van der Waals surface area contributed by atoms with Crippen molar-refractivity contribution in [1.82, 2.24) is 5.32 Å². The van der Waals surface area contributed by atoms with Crippen LogP contribution in [0.4, 0.5) is 0 Å². The Morgan fingerprint density at radius 1 is 1.24 bits per heavy atom. The Labute approximate surface area is 140 Å². The molecule has 0 saturated heterocycles. The van der Waals surface area contributed by atoms with E-state index in [9.17, 15) is 0 Å². The van der Waals surface area contributed by atoms with Gasteiger partial charge < -0.3 is 14.5 Å². The number of rotatable bonds is 7. The van der Waals surface area contributed by atoms with Crippen molar-refractivity contribution in [2.75, 3.05) is 20.3 Å². The number of hydrogen-bond acceptors (Lipinski definition) is 3. The second-order valence-electron chi connectivity index (χ2n) is 4.75. The zero-order valence-electron chi connectivity index (χ0n) is 12.3. The van der Waals surface area contributed by atoms with Gasteiger partial charge in [0.2, 0.25) is 0 Å². The number of halogens is 2. The standard InChI is InChI=1S/C16H20BrNO2.ClH/c1-12-10-13(4-6-15(12)17)16-7-5-14(20-16)11-18-8-3-9-19-2;/h4-7,10,18H,3,8-9,11H2,1-2H3;1H. The number of ether oxygens (including phenoxy) is 1. The highest BCUT2D eigenvalue weighted by atomic mass is 79.9. The van der Waals surface area contributed by atoms with E-state index < -0.39 is 0 Å². The molecule has 0 aliphatic heterocycles. The third-order valence-electron chi connectivity index (χ3n) is 3.11. The predicted molar refractivity (Wildman–Crippen MR) is 92.0 cm³/mol. The van der Waals surface area contributed by atoms with Gasteiger partial charge in [-0.15, -0.1) is 12.4 Å². The third kappa shape index (κ3) is 5.47. The minimum absolute atomic E-state index is 0. The highest BCUT2D eigenvalue weighted by Crippen LogP contribution is 2.26. The van der Waals surface area contributed by atoms with Crippen LogP contribution >= 0.6 is 28.3 Å². The molecule has 116 valence electrons. The minimum atomic E-state index is 0. The number of aryl methyl sites for hydroxylation is 1. The number of furan rings is 1. The Morgan fingerprint density at radius 3 is 2.76 bits per heavy atom. The summed E-state index contributed by atoms with van der Waals surface area (Å²) in [5.41, 5.74) is 2.31. The van der Waals surface area contributed by atoms with Gasteiger partial charge in [-0.3, -0.25) is 0 Å². The van der Waals surface area contributed by atoms with Gasteiger partial charge in [0.25, 0.3) is 0 Å². The number of benzene rings is 1. The van der Waals surface area contributed by atoms with Gasteiger partial charge in [-0.25, -0.2) is 0 Å². The second-order valence-corrected chi connectivity index (χ2v) is 5.61. The molecule has 1 N–H and O–H groups in total. The van der Waals surface area contributed by atoms with Crippen LogP contribution in [0.3, 0.4) is 0 Å². The summed E-state index contributed by atoms with van der Waals surface area (Å²) in [6.45, 7) is 4.55. The van der Waals surface area contributed by atoms with Crippen LogP contribution in [0.2, 0.25) is 0 Å². The second kappa shape index (κ2) is 9.26. The summed E-state index contributed by atoms with van der Waals surface area (Å²) in [6.07, 6.45) is 1.01. The average molecular weight is 375 g/mol. The van der Waals surface area contributed by atoms with Crippen LogP contribution < -0.4 is 5.32 Å². The van der Waals surface area contributed by atoms with Gasteiger partial charge in [-0.1, -0.05) is 22.0 Å². The molecule has 0 atom stereocenters. The molecule has 0 unspecified atom stereocenters. The summed E-state index contributed by atoms with van der Waals surface area (Å²) in [5, 5.41) is 3.34. The van der Waals surface area contributed by atoms with E-state index in [-0.39, 0.29) is 12.4 Å². The van der Waals surface area contributed by atoms with Crippen molar-refractivity contribution in [2.24, 2.45) is 0 Å². The van der Waals surface area contributed by atoms with Crippen molar-refractivity contribution in [3.63, 3.8) is 0 Å². The highest BCUT2D eigenvalue weighted by Gasteiger charge is 2.06. The summed E-state index contributed by atoms with van der Waals surface area (Å²) in [6, 6.07) is 10.3. The molecule has 3 nitrogen and oxygen atoms in total. The van der Waals surface area contributed by atoms with E-state index in [4.69, 9.17) is 9.15 Å². The van der Waals surface area contributed by atoms with E-state index in [1.165, 1.54) is 5.56 Å². The van der Waals surface area contributed by atoms with Gasteiger partial charge in [0.05, 0.1) is 6.54 Å². The first-order valence-corrected chi connectivity index (χ1v) is 7.55. The average Bonchev–Trinajstić information content (AvgIpc) is 2.90. The van der Waals surface area contributed by atoms with Gasteiger partial charge in [0.15, 0.2) is 0 Å². The van der Waals surface area contributed by atoms with E-state index in [0.29, 0.717) is 0 Å². The zero-order chi connectivity index (χ0) is 14.4. The van der Waals surface area contributed by atoms with Crippen molar-refractivity contribution in [2.45, 2.75) is 19.9 Å². The fraction of sp³-hybridized carbons (Fsp3) is 0.375. The Morgan fingerprint density at radius 2 is 2.05 bits per heavy atom. The van der Waals surface area contributed by atoms with Crippen LogP contribution in [0, 0.1) is 6.92 Å². The summed E-state index contributed by atoms with van der Waals surface area (Å²) in [7, 11) is 1.72. The van der Waals surface area contributed by atoms with Crippen molar-refractivity contribution in [3.05, 3.63) is 46.1 Å². The van der Waals surface area contributed by atoms with Crippen LogP contribution in [0.5, 0.6) is 0 Å². The summed E-state index contributed by atoms with van der Waals surface area (Å²) in [5.74, 6) is 1.87. The molecule has 21 heavy (non-hydrogen) atoms. The molecular formula is C16H21BrClNO2. The normalized spacial score (nSPS) is 10.4. The fourth-order valence-corrected chi connectivity index (χ4v) is 2.23. The Kier molecular flexibility index (Phi) is 8.04. The van der Waals surface area contributed by atoms with Gasteiger partial charge in [0, 0.05) is 23.8 Å². The van der Waals surface area contributed by atoms with Crippen LogP contribution in [0.1, 0.15) is 17.7 Å². The van der Waals surface area contributed by atoms with Crippen molar-refractivity contribution >= 4 is 28.3 Å².